The van der Waals surface area contributed by atoms with E-state index in [0.29, 0.717) is 13.1 Å². The lowest BCUT2D eigenvalue weighted by Crippen LogP contribution is -2.32. The number of hydrogen-bond acceptors (Lipinski definition) is 3. The van der Waals surface area contributed by atoms with Gasteiger partial charge in [-0.3, -0.25) is 9.69 Å². The summed E-state index contributed by atoms with van der Waals surface area (Å²) in [6.45, 7) is 9.28. The lowest BCUT2D eigenvalue weighted by Gasteiger charge is -2.28. The first-order valence-electron chi connectivity index (χ1n) is 10.8. The Morgan fingerprint density at radius 2 is 1.84 bits per heavy atom. The first-order valence-corrected chi connectivity index (χ1v) is 10.8. The molecule has 6 heteroatoms. The number of fused-ring (bicyclic) bond motifs is 1. The van der Waals surface area contributed by atoms with E-state index in [1.807, 2.05) is 28.6 Å². The van der Waals surface area contributed by atoms with Gasteiger partial charge in [-0.15, -0.1) is 0 Å². The van der Waals surface area contributed by atoms with Crippen molar-refractivity contribution in [2.75, 3.05) is 13.1 Å². The van der Waals surface area contributed by atoms with Gasteiger partial charge < -0.3 is 4.90 Å². The Balaban J connectivity index is 1.66. The van der Waals surface area contributed by atoms with Crippen molar-refractivity contribution in [3.63, 3.8) is 0 Å². The molecule has 0 saturated carbocycles. The molecule has 1 aromatic heterocycles. The summed E-state index contributed by atoms with van der Waals surface area (Å²) in [5, 5.41) is 4.96. The molecule has 1 amide bonds. The molecule has 2 heterocycles. The molecule has 0 saturated heterocycles. The smallest absolute Gasteiger partial charge is 0.219 e. The molecule has 0 fully saturated rings. The molecule has 162 valence electrons. The maximum atomic E-state index is 13.3. The molecule has 0 unspecified atom stereocenters. The fraction of sp³-hybridized carbons (Fsp3) is 0.360. The Kier molecular flexibility index (Phi) is 6.18. The molecule has 1 aliphatic rings. The molecule has 1 aliphatic heterocycles. The molecule has 2 aromatic carbocycles. The van der Waals surface area contributed by atoms with Gasteiger partial charge in [0.2, 0.25) is 5.91 Å². The van der Waals surface area contributed by atoms with Crippen molar-refractivity contribution in [3.8, 4) is 5.69 Å². The van der Waals surface area contributed by atoms with Crippen molar-refractivity contribution in [2.45, 2.75) is 46.8 Å². The van der Waals surface area contributed by atoms with Crippen LogP contribution in [0.15, 0.2) is 48.5 Å². The minimum atomic E-state index is -0.213. The summed E-state index contributed by atoms with van der Waals surface area (Å²) in [5.74, 6) is -0.157. The van der Waals surface area contributed by atoms with Crippen LogP contribution in [0.1, 0.15) is 41.9 Å². The molecule has 4 rings (SSSR count). The van der Waals surface area contributed by atoms with E-state index in [1.165, 1.54) is 29.0 Å². The molecule has 3 aromatic rings. The zero-order valence-electron chi connectivity index (χ0n) is 18.4. The number of carbonyl (C=O) groups is 1. The fourth-order valence-corrected chi connectivity index (χ4v) is 4.18. The third-order valence-corrected chi connectivity index (χ3v) is 5.99. The van der Waals surface area contributed by atoms with Gasteiger partial charge in [-0.05, 0) is 43.7 Å². The maximum absolute atomic E-state index is 13.3. The molecular formula is C25H29FN4O. The SMILES string of the molecule is CCN(Cc1nn(-c2ccc(C)cc2)c2c1CN(Cc1ccc(F)cc1)CC2)C(C)=O. The number of benzene rings is 2. The minimum Gasteiger partial charge on any atom is -0.337 e. The quantitative estimate of drug-likeness (QED) is 0.599. The summed E-state index contributed by atoms with van der Waals surface area (Å²) in [5.41, 5.74) is 6.73. The van der Waals surface area contributed by atoms with Crippen molar-refractivity contribution in [1.82, 2.24) is 19.6 Å². The van der Waals surface area contributed by atoms with Gasteiger partial charge in [0, 0.05) is 45.1 Å². The highest BCUT2D eigenvalue weighted by atomic mass is 19.1. The first kappa shape index (κ1) is 21.2. The van der Waals surface area contributed by atoms with Gasteiger partial charge in [0.05, 0.1) is 23.6 Å². The zero-order chi connectivity index (χ0) is 22.0. The lowest BCUT2D eigenvalue weighted by atomic mass is 10.0. The highest BCUT2D eigenvalue weighted by molar-refractivity contribution is 5.73. The molecule has 0 bridgehead atoms. The normalized spacial score (nSPS) is 13.8. The highest BCUT2D eigenvalue weighted by Gasteiger charge is 2.26. The number of hydrogen-bond donors (Lipinski definition) is 0. The Hall–Kier alpha value is -2.99. The molecular weight excluding hydrogens is 391 g/mol. The van der Waals surface area contributed by atoms with Crippen LogP contribution in [0.2, 0.25) is 0 Å². The van der Waals surface area contributed by atoms with Crippen LogP contribution >= 0.6 is 0 Å². The van der Waals surface area contributed by atoms with E-state index in [2.05, 4.69) is 36.1 Å². The number of nitrogens with zero attached hydrogens (tertiary/aromatic N) is 4. The molecule has 0 spiro atoms. The van der Waals surface area contributed by atoms with Crippen molar-refractivity contribution < 1.29 is 9.18 Å². The summed E-state index contributed by atoms with van der Waals surface area (Å²) in [6.07, 6.45) is 0.879. The summed E-state index contributed by atoms with van der Waals surface area (Å²) in [6, 6.07) is 15.1. The fourth-order valence-electron chi connectivity index (χ4n) is 4.18. The lowest BCUT2D eigenvalue weighted by molar-refractivity contribution is -0.129. The molecule has 0 N–H and O–H groups in total. The van der Waals surface area contributed by atoms with Gasteiger partial charge in [-0.2, -0.15) is 5.10 Å². The summed E-state index contributed by atoms with van der Waals surface area (Å²) < 4.78 is 15.3. The number of rotatable bonds is 6. The van der Waals surface area contributed by atoms with Crippen molar-refractivity contribution in [2.24, 2.45) is 0 Å². The highest BCUT2D eigenvalue weighted by Crippen LogP contribution is 2.27. The molecule has 0 aliphatic carbocycles. The third-order valence-electron chi connectivity index (χ3n) is 5.99. The molecule has 5 nitrogen and oxygen atoms in total. The minimum absolute atomic E-state index is 0.0557. The maximum Gasteiger partial charge on any atom is 0.219 e. The zero-order valence-corrected chi connectivity index (χ0v) is 18.4. The number of amides is 1. The van der Waals surface area contributed by atoms with E-state index in [1.54, 1.807) is 6.92 Å². The second-order valence-electron chi connectivity index (χ2n) is 8.24. The van der Waals surface area contributed by atoms with Gasteiger partial charge in [0.25, 0.3) is 0 Å². The van der Waals surface area contributed by atoms with Crippen LogP contribution in [0, 0.1) is 12.7 Å². The van der Waals surface area contributed by atoms with Gasteiger partial charge in [0.1, 0.15) is 5.82 Å². The Morgan fingerprint density at radius 3 is 2.48 bits per heavy atom. The van der Waals surface area contributed by atoms with Crippen LogP contribution in [-0.4, -0.2) is 38.6 Å². The number of aromatic nitrogens is 2. The van der Waals surface area contributed by atoms with Crippen LogP contribution in [0.5, 0.6) is 0 Å². The van der Waals surface area contributed by atoms with E-state index in [4.69, 9.17) is 5.10 Å². The standard InChI is InChI=1S/C25H29FN4O/c1-4-29(19(3)31)17-24-23-16-28(15-20-7-9-21(26)10-8-20)14-13-25(23)30(27-24)22-11-5-18(2)6-12-22/h5-12H,4,13-17H2,1-3H3. The predicted molar refractivity (Wildman–Crippen MR) is 119 cm³/mol. The van der Waals surface area contributed by atoms with Crippen LogP contribution < -0.4 is 0 Å². The van der Waals surface area contributed by atoms with Gasteiger partial charge in [-0.1, -0.05) is 29.8 Å². The van der Waals surface area contributed by atoms with Crippen LogP contribution in [0.4, 0.5) is 4.39 Å². The Bertz CT molecular complexity index is 1060. The van der Waals surface area contributed by atoms with Gasteiger partial charge >= 0.3 is 0 Å². The van der Waals surface area contributed by atoms with E-state index >= 15 is 0 Å². The molecule has 0 atom stereocenters. The second kappa shape index (κ2) is 9.02. The van der Waals surface area contributed by atoms with Crippen molar-refractivity contribution >= 4 is 5.91 Å². The summed E-state index contributed by atoms with van der Waals surface area (Å²) >= 11 is 0. The third kappa shape index (κ3) is 4.69. The topological polar surface area (TPSA) is 41.4 Å². The average molecular weight is 421 g/mol. The Labute approximate surface area is 183 Å². The number of carbonyl (C=O) groups excluding carboxylic acids is 1. The largest absolute Gasteiger partial charge is 0.337 e. The first-order chi connectivity index (χ1) is 14.9. The van der Waals surface area contributed by atoms with E-state index in [-0.39, 0.29) is 11.7 Å². The van der Waals surface area contributed by atoms with Crippen LogP contribution in [0.25, 0.3) is 5.69 Å². The van der Waals surface area contributed by atoms with Crippen molar-refractivity contribution in [1.29, 1.82) is 0 Å². The molecule has 0 radical (unpaired) electrons. The second-order valence-corrected chi connectivity index (χ2v) is 8.24. The van der Waals surface area contributed by atoms with Gasteiger partial charge in [-0.25, -0.2) is 9.07 Å². The molecule has 31 heavy (non-hydrogen) atoms. The Morgan fingerprint density at radius 1 is 1.13 bits per heavy atom. The number of halogens is 1. The predicted octanol–water partition coefficient (Wildman–Crippen LogP) is 4.25. The van der Waals surface area contributed by atoms with Gasteiger partial charge in [0.15, 0.2) is 0 Å². The average Bonchev–Trinajstić information content (AvgIpc) is 3.11. The van der Waals surface area contributed by atoms with Crippen LogP contribution in [-0.2, 0) is 30.8 Å². The monoisotopic (exact) mass is 420 g/mol. The summed E-state index contributed by atoms with van der Waals surface area (Å²) in [7, 11) is 0. The summed E-state index contributed by atoms with van der Waals surface area (Å²) in [4.78, 5) is 16.2. The number of aryl methyl sites for hydroxylation is 1. The van der Waals surface area contributed by atoms with E-state index < -0.39 is 0 Å². The van der Waals surface area contributed by atoms with Crippen LogP contribution in [0.3, 0.4) is 0 Å². The van der Waals surface area contributed by atoms with E-state index in [0.717, 1.165) is 43.0 Å². The van der Waals surface area contributed by atoms with E-state index in [9.17, 15) is 9.18 Å². The van der Waals surface area contributed by atoms with Crippen molar-refractivity contribution in [3.05, 3.63) is 82.4 Å².